The number of rotatable bonds is 6. The maximum absolute atomic E-state index is 12.3. The molecule has 104 valence electrons. The van der Waals surface area contributed by atoms with Gasteiger partial charge < -0.3 is 4.74 Å². The number of carbonyl (C=O) groups is 1. The van der Waals surface area contributed by atoms with E-state index >= 15 is 0 Å². The maximum Gasteiger partial charge on any atom is 0.312 e. The lowest BCUT2D eigenvalue weighted by Crippen LogP contribution is -2.34. The summed E-state index contributed by atoms with van der Waals surface area (Å²) in [5.74, 6) is 0.479. The number of ether oxygens (including phenoxy) is 1. The molecule has 1 rings (SSSR count). The number of esters is 1. The van der Waals surface area contributed by atoms with Crippen molar-refractivity contribution in [3.8, 4) is 0 Å². The highest BCUT2D eigenvalue weighted by Crippen LogP contribution is 2.62. The van der Waals surface area contributed by atoms with E-state index in [1.165, 1.54) is 5.57 Å². The van der Waals surface area contributed by atoms with Gasteiger partial charge in [0.1, 0.15) is 0 Å². The Labute approximate surface area is 112 Å². The first-order chi connectivity index (χ1) is 8.21. The Morgan fingerprint density at radius 2 is 2.06 bits per heavy atom. The topological polar surface area (TPSA) is 26.3 Å². The average molecular weight is 252 g/mol. The average Bonchev–Trinajstić information content (AvgIpc) is 2.79. The molecule has 4 atom stereocenters. The van der Waals surface area contributed by atoms with Crippen molar-refractivity contribution in [2.24, 2.45) is 16.7 Å². The summed E-state index contributed by atoms with van der Waals surface area (Å²) in [5, 5.41) is 0. The van der Waals surface area contributed by atoms with Crippen molar-refractivity contribution in [1.82, 2.24) is 0 Å². The molecule has 0 bridgehead atoms. The minimum atomic E-state index is -0.383. The zero-order valence-corrected chi connectivity index (χ0v) is 12.8. The summed E-state index contributed by atoms with van der Waals surface area (Å²) in [6, 6.07) is 0. The fourth-order valence-corrected chi connectivity index (χ4v) is 2.61. The second-order valence-electron chi connectivity index (χ2n) is 6.38. The summed E-state index contributed by atoms with van der Waals surface area (Å²) in [6.45, 7) is 16.6. The minimum Gasteiger partial charge on any atom is -0.462 e. The van der Waals surface area contributed by atoms with E-state index < -0.39 is 0 Å². The van der Waals surface area contributed by atoms with Crippen molar-refractivity contribution in [2.75, 3.05) is 0 Å². The second-order valence-corrected chi connectivity index (χ2v) is 6.38. The third-order valence-corrected chi connectivity index (χ3v) is 5.04. The second kappa shape index (κ2) is 5.07. The normalized spacial score (nSPS) is 31.7. The van der Waals surface area contributed by atoms with Crippen LogP contribution in [-0.2, 0) is 9.53 Å². The summed E-state index contributed by atoms with van der Waals surface area (Å²) in [4.78, 5) is 12.3. The Kier molecular flexibility index (Phi) is 4.30. The molecule has 0 saturated heterocycles. The molecular formula is C16H28O2. The van der Waals surface area contributed by atoms with Gasteiger partial charge in [0.15, 0.2) is 0 Å². The molecule has 18 heavy (non-hydrogen) atoms. The third kappa shape index (κ3) is 2.62. The number of hydrogen-bond donors (Lipinski definition) is 0. The van der Waals surface area contributed by atoms with E-state index in [0.29, 0.717) is 5.92 Å². The van der Waals surface area contributed by atoms with Crippen LogP contribution in [0.25, 0.3) is 0 Å². The molecule has 0 radical (unpaired) electrons. The molecule has 2 nitrogen and oxygen atoms in total. The van der Waals surface area contributed by atoms with E-state index in [9.17, 15) is 4.79 Å². The summed E-state index contributed by atoms with van der Waals surface area (Å²) in [6.07, 6.45) is 2.55. The number of allylic oxidation sites excluding steroid dienone is 1. The predicted octanol–water partition coefficient (Wildman–Crippen LogP) is 4.35. The standard InChI is InChI=1S/C16H28O2/c1-8-11(3)18-14(17)15(6,9-2)10-16(7)12(4)13(16)5/h11,13H,4,8-10H2,1-3,5-7H3. The molecule has 0 amide bonds. The highest BCUT2D eigenvalue weighted by atomic mass is 16.5. The molecule has 4 unspecified atom stereocenters. The summed E-state index contributed by atoms with van der Waals surface area (Å²) < 4.78 is 5.53. The summed E-state index contributed by atoms with van der Waals surface area (Å²) >= 11 is 0. The van der Waals surface area contributed by atoms with Gasteiger partial charge in [0.25, 0.3) is 0 Å². The quantitative estimate of drug-likeness (QED) is 0.519. The third-order valence-electron chi connectivity index (χ3n) is 5.04. The first kappa shape index (κ1) is 15.3. The monoisotopic (exact) mass is 252 g/mol. The van der Waals surface area contributed by atoms with Crippen LogP contribution < -0.4 is 0 Å². The Morgan fingerprint density at radius 3 is 2.39 bits per heavy atom. The summed E-state index contributed by atoms with van der Waals surface area (Å²) in [7, 11) is 0. The molecule has 0 aliphatic heterocycles. The van der Waals surface area contributed by atoms with Gasteiger partial charge in [-0.3, -0.25) is 4.79 Å². The molecule has 1 fully saturated rings. The Balaban J connectivity index is 2.74. The molecule has 0 aromatic heterocycles. The molecule has 0 aromatic rings. The van der Waals surface area contributed by atoms with Gasteiger partial charge in [0, 0.05) is 0 Å². The van der Waals surface area contributed by atoms with E-state index in [4.69, 9.17) is 4.74 Å². The van der Waals surface area contributed by atoms with Gasteiger partial charge >= 0.3 is 5.97 Å². The molecule has 1 aliphatic carbocycles. The first-order valence-electron chi connectivity index (χ1n) is 7.11. The van der Waals surface area contributed by atoms with E-state index in [1.807, 2.05) is 20.8 Å². The Morgan fingerprint density at radius 1 is 1.56 bits per heavy atom. The molecule has 0 spiro atoms. The summed E-state index contributed by atoms with van der Waals surface area (Å²) in [5.41, 5.74) is 1.02. The molecule has 1 saturated carbocycles. The largest absolute Gasteiger partial charge is 0.462 e. The van der Waals surface area contributed by atoms with Crippen LogP contribution in [-0.4, -0.2) is 12.1 Å². The van der Waals surface area contributed by atoms with Crippen LogP contribution in [0.15, 0.2) is 12.2 Å². The van der Waals surface area contributed by atoms with Crippen molar-refractivity contribution in [3.05, 3.63) is 12.2 Å². The Hall–Kier alpha value is -0.790. The molecule has 2 heteroatoms. The van der Waals surface area contributed by atoms with E-state index in [1.54, 1.807) is 0 Å². The van der Waals surface area contributed by atoms with Gasteiger partial charge in [0.2, 0.25) is 0 Å². The smallest absolute Gasteiger partial charge is 0.312 e. The van der Waals surface area contributed by atoms with Gasteiger partial charge in [-0.1, -0.05) is 39.8 Å². The van der Waals surface area contributed by atoms with Crippen LogP contribution >= 0.6 is 0 Å². The van der Waals surface area contributed by atoms with Gasteiger partial charge in [0.05, 0.1) is 11.5 Å². The van der Waals surface area contributed by atoms with Crippen molar-refractivity contribution in [3.63, 3.8) is 0 Å². The highest BCUT2D eigenvalue weighted by Gasteiger charge is 2.55. The van der Waals surface area contributed by atoms with Crippen LogP contribution in [0.4, 0.5) is 0 Å². The van der Waals surface area contributed by atoms with Crippen LogP contribution in [0, 0.1) is 16.7 Å². The first-order valence-corrected chi connectivity index (χ1v) is 7.11. The zero-order valence-electron chi connectivity index (χ0n) is 12.8. The number of carbonyl (C=O) groups excluding carboxylic acids is 1. The zero-order chi connectivity index (χ0) is 14.1. The molecule has 1 aliphatic rings. The van der Waals surface area contributed by atoms with Gasteiger partial charge in [-0.05, 0) is 44.4 Å². The van der Waals surface area contributed by atoms with Gasteiger partial charge in [-0.15, -0.1) is 0 Å². The lowest BCUT2D eigenvalue weighted by molar-refractivity contribution is -0.161. The van der Waals surface area contributed by atoms with E-state index in [-0.39, 0.29) is 22.9 Å². The minimum absolute atomic E-state index is 0.0102. The maximum atomic E-state index is 12.3. The van der Waals surface area contributed by atoms with Crippen molar-refractivity contribution < 1.29 is 9.53 Å². The van der Waals surface area contributed by atoms with E-state index in [2.05, 4.69) is 27.4 Å². The molecule has 0 heterocycles. The fourth-order valence-electron chi connectivity index (χ4n) is 2.61. The lowest BCUT2D eigenvalue weighted by atomic mass is 9.77. The lowest BCUT2D eigenvalue weighted by Gasteiger charge is -2.30. The molecular weight excluding hydrogens is 224 g/mol. The van der Waals surface area contributed by atoms with Crippen LogP contribution in [0.1, 0.15) is 60.8 Å². The van der Waals surface area contributed by atoms with Crippen LogP contribution in [0.2, 0.25) is 0 Å². The SMILES string of the molecule is C=C1C(C)C1(C)CC(C)(CC)C(=O)OC(C)CC. The Bertz CT molecular complexity index is 347. The van der Waals surface area contributed by atoms with Crippen LogP contribution in [0.3, 0.4) is 0 Å². The predicted molar refractivity (Wildman–Crippen MR) is 75.3 cm³/mol. The van der Waals surface area contributed by atoms with Crippen molar-refractivity contribution in [1.29, 1.82) is 0 Å². The van der Waals surface area contributed by atoms with E-state index in [0.717, 1.165) is 19.3 Å². The molecule has 0 aromatic carbocycles. The number of hydrogen-bond acceptors (Lipinski definition) is 2. The van der Waals surface area contributed by atoms with Crippen molar-refractivity contribution in [2.45, 2.75) is 66.9 Å². The fraction of sp³-hybridized carbons (Fsp3) is 0.812. The van der Waals surface area contributed by atoms with Gasteiger partial charge in [-0.2, -0.15) is 0 Å². The van der Waals surface area contributed by atoms with Gasteiger partial charge in [-0.25, -0.2) is 0 Å². The highest BCUT2D eigenvalue weighted by molar-refractivity contribution is 5.77. The van der Waals surface area contributed by atoms with Crippen molar-refractivity contribution >= 4 is 5.97 Å². The van der Waals surface area contributed by atoms with Crippen LogP contribution in [0.5, 0.6) is 0 Å². The molecule has 0 N–H and O–H groups in total.